The molecule has 0 aliphatic carbocycles. The van der Waals surface area contributed by atoms with Crippen molar-refractivity contribution in [2.45, 2.75) is 45.2 Å². The molecule has 0 aliphatic rings. The van der Waals surface area contributed by atoms with Gasteiger partial charge in [0.25, 0.3) is 11.8 Å². The van der Waals surface area contributed by atoms with Crippen LogP contribution in [0.1, 0.15) is 57.6 Å². The highest BCUT2D eigenvalue weighted by Gasteiger charge is 2.27. The molecule has 4 aromatic rings. The highest BCUT2D eigenvalue weighted by atomic mass is 35.5. The van der Waals surface area contributed by atoms with Gasteiger partial charge in [0.2, 0.25) is 0 Å². The third kappa shape index (κ3) is 6.27. The number of rotatable bonds is 11. The van der Waals surface area contributed by atoms with Crippen molar-refractivity contribution in [2.24, 2.45) is 0 Å². The molecule has 0 fully saturated rings. The van der Waals surface area contributed by atoms with Crippen molar-refractivity contribution in [3.63, 3.8) is 0 Å². The first-order valence-corrected chi connectivity index (χ1v) is 13.0. The van der Waals surface area contributed by atoms with E-state index in [1.807, 2.05) is 49.4 Å². The number of carboxylic acids is 1. The molecule has 1 heterocycles. The molecule has 0 aliphatic heterocycles. The summed E-state index contributed by atoms with van der Waals surface area (Å²) >= 11 is 6.51. The zero-order chi connectivity index (χ0) is 27.9. The number of halogens is 1. The van der Waals surface area contributed by atoms with Gasteiger partial charge in [0, 0.05) is 12.8 Å². The molecule has 1 unspecified atom stereocenters. The lowest BCUT2D eigenvalue weighted by Crippen LogP contribution is -2.47. The van der Waals surface area contributed by atoms with Gasteiger partial charge >= 0.3 is 5.97 Å². The van der Waals surface area contributed by atoms with E-state index in [-0.39, 0.29) is 29.4 Å². The molecular weight excluding hydrogens is 520 g/mol. The lowest BCUT2D eigenvalue weighted by Gasteiger charge is -2.19. The molecule has 0 radical (unpaired) electrons. The Morgan fingerprint density at radius 1 is 1.00 bits per heavy atom. The van der Waals surface area contributed by atoms with E-state index in [0.29, 0.717) is 17.6 Å². The van der Waals surface area contributed by atoms with Crippen molar-refractivity contribution >= 4 is 40.2 Å². The molecule has 1 atom stereocenters. The lowest BCUT2D eigenvalue weighted by molar-refractivity contribution is -0.131. The van der Waals surface area contributed by atoms with Crippen LogP contribution in [0, 0.1) is 0 Å². The van der Waals surface area contributed by atoms with E-state index < -0.39 is 23.8 Å². The Balaban J connectivity index is 1.73. The van der Waals surface area contributed by atoms with Gasteiger partial charge in [0.1, 0.15) is 17.6 Å². The number of nitrogens with zero attached hydrogens (tertiary/aromatic N) is 2. The number of hydrogen-bond acceptors (Lipinski definition) is 5. The quantitative estimate of drug-likeness (QED) is 0.159. The number of unbranched alkanes of at least 4 members (excludes halogenated alkanes) is 1. The highest BCUT2D eigenvalue weighted by Crippen LogP contribution is 2.27. The summed E-state index contributed by atoms with van der Waals surface area (Å²) in [6, 6.07) is 18.5. The summed E-state index contributed by atoms with van der Waals surface area (Å²) < 4.78 is 1.71. The highest BCUT2D eigenvalue weighted by molar-refractivity contribution is 6.32. The van der Waals surface area contributed by atoms with Crippen LogP contribution < -0.4 is 10.8 Å². The van der Waals surface area contributed by atoms with Crippen LogP contribution in [0.5, 0.6) is 0 Å². The Kier molecular flexibility index (Phi) is 8.96. The van der Waals surface area contributed by atoms with E-state index in [1.165, 1.54) is 0 Å². The van der Waals surface area contributed by atoms with E-state index in [4.69, 9.17) is 11.6 Å². The van der Waals surface area contributed by atoms with E-state index in [1.54, 1.807) is 34.3 Å². The van der Waals surface area contributed by atoms with E-state index in [9.17, 15) is 24.7 Å². The second kappa shape index (κ2) is 12.6. The van der Waals surface area contributed by atoms with Crippen LogP contribution in [0.25, 0.3) is 10.8 Å². The van der Waals surface area contributed by atoms with Crippen LogP contribution >= 0.6 is 11.6 Å². The molecule has 1 aromatic heterocycles. The number of nitrogens with one attached hydrogen (secondary N) is 2. The Bertz CT molecular complexity index is 1500. The first kappa shape index (κ1) is 27.8. The summed E-state index contributed by atoms with van der Waals surface area (Å²) in [7, 11) is 0. The Hall–Kier alpha value is -4.21. The van der Waals surface area contributed by atoms with Crippen LogP contribution in [0.15, 0.2) is 66.7 Å². The van der Waals surface area contributed by atoms with Crippen LogP contribution in [0.2, 0.25) is 5.15 Å². The fraction of sp³-hybridized carbons (Fsp3) is 0.241. The number of hydrogen-bond donors (Lipinski definition) is 4. The van der Waals surface area contributed by atoms with Crippen LogP contribution in [0.4, 0.5) is 0 Å². The summed E-state index contributed by atoms with van der Waals surface area (Å²) in [5, 5.41) is 22.9. The Morgan fingerprint density at radius 3 is 2.36 bits per heavy atom. The van der Waals surface area contributed by atoms with Crippen LogP contribution in [-0.2, 0) is 24.2 Å². The van der Waals surface area contributed by atoms with E-state index >= 15 is 0 Å². The number of aromatic nitrogens is 2. The summed E-state index contributed by atoms with van der Waals surface area (Å²) in [5.41, 5.74) is 3.46. The van der Waals surface area contributed by atoms with Crippen LogP contribution in [-0.4, -0.2) is 43.7 Å². The Labute approximate surface area is 230 Å². The van der Waals surface area contributed by atoms with Crippen LogP contribution in [0.3, 0.4) is 0 Å². The average molecular weight is 549 g/mol. The smallest absolute Gasteiger partial charge is 0.336 e. The summed E-state index contributed by atoms with van der Waals surface area (Å²) in [6.45, 7) is 2.25. The van der Waals surface area contributed by atoms with Crippen molar-refractivity contribution in [3.05, 3.63) is 100 Å². The van der Waals surface area contributed by atoms with Gasteiger partial charge in [-0.15, -0.1) is 0 Å². The second-order valence-corrected chi connectivity index (χ2v) is 9.53. The number of aryl methyl sites for hydroxylation is 1. The topological polar surface area (TPSA) is 134 Å². The number of amides is 2. The van der Waals surface area contributed by atoms with Gasteiger partial charge in [0.05, 0.1) is 12.1 Å². The molecule has 0 spiro atoms. The SMILES string of the molecule is CCCCc1nc(Cl)c(C(=O)NC(Cc2ccccc2)C(=O)NO)n1Cc1ccc(C(=O)O)c2ccccc12. The third-order valence-corrected chi connectivity index (χ3v) is 6.82. The first-order valence-electron chi connectivity index (χ1n) is 12.6. The molecule has 10 heteroatoms. The molecule has 202 valence electrons. The number of imidazole rings is 1. The number of fused-ring (bicyclic) bond motifs is 1. The molecule has 0 bridgehead atoms. The van der Waals surface area contributed by atoms with Crippen molar-refractivity contribution in [2.75, 3.05) is 0 Å². The van der Waals surface area contributed by atoms with Crippen molar-refractivity contribution in [1.82, 2.24) is 20.3 Å². The maximum Gasteiger partial charge on any atom is 0.336 e. The predicted molar refractivity (Wildman–Crippen MR) is 147 cm³/mol. The number of carbonyl (C=O) groups excluding carboxylic acids is 2. The number of carboxylic acid groups (broad SMARTS) is 1. The standard InChI is InChI=1S/C29H29ClN4O5/c1-2-3-13-24-32-26(30)25(28(36)31-23(27(35)33-39)16-18-9-5-4-6-10-18)34(24)17-19-14-15-22(29(37)38)21-12-8-7-11-20(19)21/h4-12,14-15,23,39H,2-3,13,16-17H2,1H3,(H,31,36)(H,33,35)(H,37,38). The number of carbonyl (C=O) groups is 3. The van der Waals surface area contributed by atoms with Gasteiger partial charge in [-0.05, 0) is 34.4 Å². The predicted octanol–water partition coefficient (Wildman–Crippen LogP) is 4.63. The van der Waals surface area contributed by atoms with Gasteiger partial charge in [0.15, 0.2) is 5.15 Å². The normalized spacial score (nSPS) is 11.8. The zero-order valence-electron chi connectivity index (χ0n) is 21.4. The largest absolute Gasteiger partial charge is 0.478 e. The maximum absolute atomic E-state index is 13.6. The van der Waals surface area contributed by atoms with E-state index in [2.05, 4.69) is 10.3 Å². The average Bonchev–Trinajstić information content (AvgIpc) is 3.25. The van der Waals surface area contributed by atoms with Gasteiger partial charge in [-0.3, -0.25) is 14.8 Å². The molecule has 4 N–H and O–H groups in total. The summed E-state index contributed by atoms with van der Waals surface area (Å²) in [5.74, 6) is -1.81. The molecule has 3 aromatic carbocycles. The number of aromatic carboxylic acids is 1. The minimum Gasteiger partial charge on any atom is -0.478 e. The van der Waals surface area contributed by atoms with Crippen molar-refractivity contribution < 1.29 is 24.7 Å². The fourth-order valence-electron chi connectivity index (χ4n) is 4.60. The van der Waals surface area contributed by atoms with Gasteiger partial charge in [-0.2, -0.15) is 0 Å². The molecule has 0 saturated heterocycles. The molecule has 39 heavy (non-hydrogen) atoms. The van der Waals surface area contributed by atoms with Crippen molar-refractivity contribution in [1.29, 1.82) is 0 Å². The zero-order valence-corrected chi connectivity index (χ0v) is 22.1. The van der Waals surface area contributed by atoms with Gasteiger partial charge in [-0.25, -0.2) is 15.3 Å². The summed E-state index contributed by atoms with van der Waals surface area (Å²) in [4.78, 5) is 42.3. The minimum absolute atomic E-state index is 0.00654. The Morgan fingerprint density at radius 2 is 1.69 bits per heavy atom. The van der Waals surface area contributed by atoms with Gasteiger partial charge < -0.3 is 15.0 Å². The maximum atomic E-state index is 13.6. The molecule has 2 amide bonds. The minimum atomic E-state index is -1.07. The third-order valence-electron chi connectivity index (χ3n) is 6.56. The molecular formula is C29H29ClN4O5. The molecule has 0 saturated carbocycles. The second-order valence-electron chi connectivity index (χ2n) is 9.17. The summed E-state index contributed by atoms with van der Waals surface area (Å²) in [6.07, 6.45) is 2.43. The van der Waals surface area contributed by atoms with Gasteiger partial charge in [-0.1, -0.05) is 85.6 Å². The lowest BCUT2D eigenvalue weighted by atomic mass is 9.99. The molecule has 4 rings (SSSR count). The van der Waals surface area contributed by atoms with E-state index in [0.717, 1.165) is 29.4 Å². The fourth-order valence-corrected chi connectivity index (χ4v) is 4.88. The first-order chi connectivity index (χ1) is 18.8. The number of hydroxylamine groups is 1. The monoisotopic (exact) mass is 548 g/mol. The van der Waals surface area contributed by atoms with Crippen molar-refractivity contribution in [3.8, 4) is 0 Å². The number of benzene rings is 3. The molecule has 9 nitrogen and oxygen atoms in total.